The van der Waals surface area contributed by atoms with Crippen molar-refractivity contribution in [2.45, 2.75) is 88.0 Å². The Labute approximate surface area is 784 Å². The van der Waals surface area contributed by atoms with Crippen LogP contribution in [0.15, 0.2) is 385 Å². The van der Waals surface area contributed by atoms with E-state index < -0.39 is 0 Å². The first-order valence-electron chi connectivity index (χ1n) is 42.6. The Balaban J connectivity index is 0.000000131. The van der Waals surface area contributed by atoms with Gasteiger partial charge in [-0.15, -0.1) is 0 Å². The molecule has 6 atom stereocenters. The molecular weight excluding hydrogens is 1850 g/mol. The summed E-state index contributed by atoms with van der Waals surface area (Å²) in [6.45, 7) is 29.5. The molecule has 6 heterocycles. The number of aliphatic hydroxyl groups is 2. The fourth-order valence-electron chi connectivity index (χ4n) is 17.8. The fourth-order valence-corrected chi connectivity index (χ4v) is 20.0. The van der Waals surface area contributed by atoms with Gasteiger partial charge in [-0.2, -0.15) is 0 Å². The summed E-state index contributed by atoms with van der Waals surface area (Å²) in [4.78, 5) is 83.3. The number of hydrogen-bond donors (Lipinski definition) is 2. The van der Waals surface area contributed by atoms with Gasteiger partial charge in [0.1, 0.15) is 0 Å². The number of rotatable bonds is 14. The molecule has 0 saturated carbocycles. The molecule has 6 aliphatic rings. The fraction of sp³-hybridized carbons (Fsp3) is 0.182. The van der Waals surface area contributed by atoms with Crippen LogP contribution in [-0.4, -0.2) is 114 Å². The van der Waals surface area contributed by atoms with E-state index in [0.29, 0.717) is 78.5 Å². The van der Waals surface area contributed by atoms with Gasteiger partial charge in [0, 0.05) is 132 Å². The zero-order chi connectivity index (χ0) is 90.3. The molecule has 18 heteroatoms. The highest BCUT2D eigenvalue weighted by Crippen LogP contribution is 2.43. The number of aliphatic hydroxyl groups excluding tert-OH is 2. The third-order valence-corrected chi connectivity index (χ3v) is 26.6. The second kappa shape index (κ2) is 44.9. The highest BCUT2D eigenvalue weighted by molar-refractivity contribution is 9.11. The maximum atomic E-state index is 12.0. The van der Waals surface area contributed by atoms with Crippen LogP contribution in [0.3, 0.4) is 0 Å². The zero-order valence-electron chi connectivity index (χ0n) is 71.3. The zero-order valence-corrected chi connectivity index (χ0v) is 77.7. The van der Waals surface area contributed by atoms with Crippen LogP contribution < -0.4 is 0 Å². The van der Waals surface area contributed by atoms with Crippen LogP contribution in [0.5, 0.6) is 0 Å². The smallest absolute Gasteiger partial charge is 0.246 e. The van der Waals surface area contributed by atoms with Gasteiger partial charge in [0.2, 0.25) is 35.4 Å². The third kappa shape index (κ3) is 22.8. The van der Waals surface area contributed by atoms with E-state index in [2.05, 4.69) is 249 Å². The third-order valence-electron chi connectivity index (χ3n) is 24.2. The quantitative estimate of drug-likeness (QED) is 0.102. The lowest BCUT2D eigenvalue weighted by Gasteiger charge is -2.35. The van der Waals surface area contributed by atoms with Crippen LogP contribution in [0.4, 0.5) is 0 Å². The molecule has 6 aliphatic heterocycles. The van der Waals surface area contributed by atoms with E-state index in [9.17, 15) is 39.0 Å². The molecule has 648 valence electrons. The SMILES string of the molecule is C=CC(=O)N1Cc2cc(Br)ccc2[C@@H](c2ccccc2)C1.C=CC(=O)N1Cc2cc(Br)ccc2[C@H](c2ccccc2)C1.C=CC(=O)N1Cc2ccc(CO)cc2[C@@H](c2ccccc2)C1.C=CC(=O)N1Cc2ccc(CO)cc2[C@H](c2ccccc2)C1.C=CC(=O)N1Cc2cccc(Br)c2[C@@H](c2ccccc2)C1.C=CC(=O)N1Cc2cccc(Br)c2[C@H](c2ccccc2)C1. The van der Waals surface area contributed by atoms with Crippen molar-refractivity contribution in [3.8, 4) is 0 Å². The molecule has 0 saturated heterocycles. The number of carbonyl (C=O) groups is 6. The predicted molar refractivity (Wildman–Crippen MR) is 525 cm³/mol. The molecule has 2 N–H and O–H groups in total. The van der Waals surface area contributed by atoms with Gasteiger partial charge >= 0.3 is 0 Å². The largest absolute Gasteiger partial charge is 0.392 e. The minimum Gasteiger partial charge on any atom is -0.392 e. The van der Waals surface area contributed by atoms with Crippen molar-refractivity contribution in [2.24, 2.45) is 0 Å². The Bertz CT molecular complexity index is 5590. The van der Waals surface area contributed by atoms with Crippen LogP contribution in [0.25, 0.3) is 0 Å². The lowest BCUT2D eigenvalue weighted by molar-refractivity contribution is -0.127. The first kappa shape index (κ1) is 93.4. The number of amides is 6. The van der Waals surface area contributed by atoms with Gasteiger partial charge in [-0.3, -0.25) is 28.8 Å². The van der Waals surface area contributed by atoms with Crippen LogP contribution in [0, 0.1) is 0 Å². The molecule has 0 unspecified atom stereocenters. The Morgan fingerprint density at radius 1 is 0.258 bits per heavy atom. The Hall–Kier alpha value is -12.3. The first-order valence-corrected chi connectivity index (χ1v) is 45.7. The lowest BCUT2D eigenvalue weighted by Crippen LogP contribution is -2.37. The van der Waals surface area contributed by atoms with E-state index >= 15 is 0 Å². The van der Waals surface area contributed by atoms with Crippen molar-refractivity contribution in [1.82, 2.24) is 29.4 Å². The van der Waals surface area contributed by atoms with Crippen molar-refractivity contribution in [3.05, 3.63) is 496 Å². The van der Waals surface area contributed by atoms with Crippen LogP contribution >= 0.6 is 63.7 Å². The molecule has 6 amide bonds. The Morgan fingerprint density at radius 3 is 0.750 bits per heavy atom. The van der Waals surface area contributed by atoms with Gasteiger partial charge in [0.15, 0.2) is 0 Å². The monoisotopic (exact) mass is 1950 g/mol. The number of carbonyl (C=O) groups excluding carboxylic acids is 6. The topological polar surface area (TPSA) is 162 Å². The van der Waals surface area contributed by atoms with E-state index in [4.69, 9.17) is 0 Å². The molecule has 14 nitrogen and oxygen atoms in total. The van der Waals surface area contributed by atoms with E-state index in [0.717, 1.165) is 40.1 Å². The van der Waals surface area contributed by atoms with Crippen molar-refractivity contribution < 1.29 is 39.0 Å². The second-order valence-corrected chi connectivity index (χ2v) is 35.6. The summed E-state index contributed by atoms with van der Waals surface area (Å²) in [5.74, 6) is 0.922. The maximum Gasteiger partial charge on any atom is 0.246 e. The van der Waals surface area contributed by atoms with E-state index in [1.165, 1.54) is 125 Å². The molecule has 12 aromatic rings. The number of benzene rings is 12. The summed E-state index contributed by atoms with van der Waals surface area (Å²) >= 11 is 14.4. The maximum absolute atomic E-state index is 12.0. The molecular formula is C110H102Br4N6O8. The Morgan fingerprint density at radius 2 is 0.492 bits per heavy atom. The summed E-state index contributed by atoms with van der Waals surface area (Å²) in [5, 5.41) is 18.8. The average Bonchev–Trinajstić information content (AvgIpc) is 0.814. The molecule has 12 aromatic carbocycles. The normalized spacial score (nSPS) is 17.1. The lowest BCUT2D eigenvalue weighted by atomic mass is 9.83. The summed E-state index contributed by atoms with van der Waals surface area (Å²) in [6, 6.07) is 98.8. The Kier molecular flexibility index (Phi) is 32.8. The minimum atomic E-state index is -0.0437. The van der Waals surface area contributed by atoms with Gasteiger partial charge < -0.3 is 39.6 Å². The molecule has 0 aromatic heterocycles. The van der Waals surface area contributed by atoms with Crippen molar-refractivity contribution in [2.75, 3.05) is 39.3 Å². The van der Waals surface area contributed by atoms with Crippen LogP contribution in [0.2, 0.25) is 0 Å². The van der Waals surface area contributed by atoms with E-state index in [1.807, 2.05) is 175 Å². The standard InChI is InChI=1S/2C19H19NO2.4C18H16BrNO/c2*1-2-19(22)20-11-16-9-8-14(13-21)10-17(16)18(12-20)15-6-4-3-5-7-15;2*1-2-17(21)20-11-14-9-6-10-16(19)18(14)15(12-20)13-7-4-3-5-8-13;2*1-2-18(21)20-11-14-10-15(19)8-9-16(14)17(12-20)13-6-4-3-5-7-13/h2*2-10,18,21H,1,11-13H2;2*2-10,15H,1,11-12H2;2*2-10,17H,1,11-12H2/t2*18-;2*15-;2*17-/m101010/s1. The molecule has 0 spiro atoms. The molecule has 0 fully saturated rings. The van der Waals surface area contributed by atoms with Gasteiger partial charge in [-0.05, 0) is 184 Å². The predicted octanol–water partition coefficient (Wildman–Crippen LogP) is 22.1. The summed E-state index contributed by atoms with van der Waals surface area (Å²) < 4.78 is 4.31. The van der Waals surface area contributed by atoms with Gasteiger partial charge in [-0.25, -0.2) is 0 Å². The van der Waals surface area contributed by atoms with Gasteiger partial charge in [0.25, 0.3) is 0 Å². The molecule has 0 aliphatic carbocycles. The molecule has 0 radical (unpaired) electrons. The molecule has 18 rings (SSSR count). The highest BCUT2D eigenvalue weighted by Gasteiger charge is 2.36. The van der Waals surface area contributed by atoms with Crippen molar-refractivity contribution in [3.63, 3.8) is 0 Å². The summed E-state index contributed by atoms with van der Waals surface area (Å²) in [5.41, 5.74) is 23.7. The molecule has 0 bridgehead atoms. The minimum absolute atomic E-state index is 0.0124. The number of hydrogen-bond acceptors (Lipinski definition) is 8. The van der Waals surface area contributed by atoms with Crippen molar-refractivity contribution >= 4 is 99.2 Å². The van der Waals surface area contributed by atoms with E-state index in [-0.39, 0.29) is 84.2 Å². The van der Waals surface area contributed by atoms with Gasteiger partial charge in [0.05, 0.1) is 13.2 Å². The highest BCUT2D eigenvalue weighted by atomic mass is 79.9. The first-order chi connectivity index (χ1) is 62.2. The number of halogens is 4. The number of fused-ring (bicyclic) bond motifs is 6. The van der Waals surface area contributed by atoms with Crippen LogP contribution in [-0.2, 0) is 81.2 Å². The van der Waals surface area contributed by atoms with Crippen LogP contribution in [0.1, 0.15) is 147 Å². The summed E-state index contributed by atoms with van der Waals surface area (Å²) in [6.07, 6.45) is 8.32. The molecule has 128 heavy (non-hydrogen) atoms. The van der Waals surface area contributed by atoms with Gasteiger partial charge in [-0.1, -0.05) is 358 Å². The average molecular weight is 1960 g/mol. The number of nitrogens with zero attached hydrogens (tertiary/aromatic N) is 6. The summed E-state index contributed by atoms with van der Waals surface area (Å²) in [7, 11) is 0. The van der Waals surface area contributed by atoms with Crippen molar-refractivity contribution in [1.29, 1.82) is 0 Å². The van der Waals surface area contributed by atoms with E-state index in [1.54, 1.807) is 0 Å². The second-order valence-electron chi connectivity index (χ2n) is 32.0.